The molecule has 0 saturated heterocycles. The summed E-state index contributed by atoms with van der Waals surface area (Å²) in [5.74, 6) is 0.648. The first-order valence-corrected chi connectivity index (χ1v) is 10.5. The third-order valence-electron chi connectivity index (χ3n) is 6.84. The number of nitrogens with zero attached hydrogens (tertiary/aromatic N) is 1. The average Bonchev–Trinajstić information content (AvgIpc) is 3.41. The summed E-state index contributed by atoms with van der Waals surface area (Å²) in [6, 6.07) is 13.4. The second kappa shape index (κ2) is 7.09. The van der Waals surface area contributed by atoms with Gasteiger partial charge in [-0.15, -0.1) is 0 Å². The smallest absolute Gasteiger partial charge is 0.193 e. The van der Waals surface area contributed by atoms with Crippen molar-refractivity contribution in [3.05, 3.63) is 69.8 Å². The third kappa shape index (κ3) is 2.72. The van der Waals surface area contributed by atoms with Crippen LogP contribution < -0.4 is 4.74 Å². The second-order valence-corrected chi connectivity index (χ2v) is 8.49. The Hall–Kier alpha value is -2.94. The van der Waals surface area contributed by atoms with Crippen LogP contribution in [0.1, 0.15) is 58.3 Å². The van der Waals surface area contributed by atoms with E-state index in [1.165, 1.54) is 5.57 Å². The summed E-state index contributed by atoms with van der Waals surface area (Å²) in [4.78, 5) is 13.5. The summed E-state index contributed by atoms with van der Waals surface area (Å²) in [7, 11) is 0. The van der Waals surface area contributed by atoms with Gasteiger partial charge in [-0.25, -0.2) is 0 Å². The molecule has 5 rings (SSSR count). The molecule has 0 unspecified atom stereocenters. The molecule has 2 N–H and O–H groups in total. The molecule has 1 fully saturated rings. The Morgan fingerprint density at radius 3 is 2.63 bits per heavy atom. The highest BCUT2D eigenvalue weighted by Gasteiger charge is 2.49. The van der Waals surface area contributed by atoms with Crippen molar-refractivity contribution >= 4 is 11.4 Å². The van der Waals surface area contributed by atoms with E-state index in [4.69, 9.17) is 9.84 Å². The van der Waals surface area contributed by atoms with Crippen LogP contribution in [0.3, 0.4) is 0 Å². The van der Waals surface area contributed by atoms with Crippen LogP contribution in [0.2, 0.25) is 0 Å². The minimum atomic E-state index is -0.934. The van der Waals surface area contributed by atoms with Crippen molar-refractivity contribution in [2.45, 2.75) is 43.6 Å². The molecule has 5 heteroatoms. The Morgan fingerprint density at radius 1 is 1.13 bits per heavy atom. The third-order valence-corrected chi connectivity index (χ3v) is 6.84. The Morgan fingerprint density at radius 2 is 1.90 bits per heavy atom. The normalized spacial score (nSPS) is 19.3. The largest absolute Gasteiger partial charge is 0.491 e. The number of aliphatic hydroxyl groups excluding tert-OH is 2. The van der Waals surface area contributed by atoms with Crippen LogP contribution in [0, 0.1) is 11.3 Å². The minimum absolute atomic E-state index is 0.00651. The molecule has 0 heterocycles. The van der Waals surface area contributed by atoms with E-state index in [0.717, 1.165) is 53.5 Å². The van der Waals surface area contributed by atoms with Crippen molar-refractivity contribution in [2.24, 2.45) is 0 Å². The Kier molecular flexibility index (Phi) is 4.50. The maximum atomic E-state index is 13.5. The molecule has 152 valence electrons. The number of ketones is 1. The fourth-order valence-electron chi connectivity index (χ4n) is 5.46. The maximum absolute atomic E-state index is 13.5. The molecule has 5 nitrogen and oxygen atoms in total. The molecule has 1 saturated carbocycles. The van der Waals surface area contributed by atoms with Crippen LogP contribution in [0.15, 0.2) is 42.0 Å². The van der Waals surface area contributed by atoms with Gasteiger partial charge in [0.2, 0.25) is 0 Å². The van der Waals surface area contributed by atoms with Gasteiger partial charge in [0.25, 0.3) is 0 Å². The lowest BCUT2D eigenvalue weighted by Crippen LogP contribution is -2.33. The van der Waals surface area contributed by atoms with E-state index in [-0.39, 0.29) is 24.4 Å². The number of aliphatic hydroxyl groups is 2. The van der Waals surface area contributed by atoms with Crippen LogP contribution in [0.5, 0.6) is 5.75 Å². The Labute approximate surface area is 175 Å². The summed E-state index contributed by atoms with van der Waals surface area (Å²) in [6.45, 7) is -0.348. The molecule has 3 aliphatic rings. The highest BCUT2D eigenvalue weighted by Crippen LogP contribution is 2.57. The van der Waals surface area contributed by atoms with Gasteiger partial charge in [0.1, 0.15) is 18.5 Å². The molecule has 0 amide bonds. The van der Waals surface area contributed by atoms with E-state index in [1.807, 2.05) is 24.3 Å². The highest BCUT2D eigenvalue weighted by atomic mass is 16.5. The highest BCUT2D eigenvalue weighted by molar-refractivity contribution is 6.33. The van der Waals surface area contributed by atoms with Crippen LogP contribution in [0.4, 0.5) is 0 Å². The first kappa shape index (κ1) is 19.0. The lowest BCUT2D eigenvalue weighted by Gasteiger charge is -2.37. The minimum Gasteiger partial charge on any atom is -0.491 e. The summed E-state index contributed by atoms with van der Waals surface area (Å²) in [5, 5.41) is 27.9. The van der Waals surface area contributed by atoms with E-state index in [1.54, 1.807) is 12.1 Å². The molecule has 1 spiro atoms. The standard InChI is InChI=1S/C25H23NO4/c26-12-15-3-5-19-16(9-15)10-22-23(19)24(29)20-6-4-18(30-14-17(28)13-27)11-21(20)25(22)7-1-2-8-25/h3-6,9,11,17,27-28H,1-2,7-8,10,13-14H2/t17-/m1/s1. The fourth-order valence-corrected chi connectivity index (χ4v) is 5.46. The Balaban J connectivity index is 1.61. The lowest BCUT2D eigenvalue weighted by molar-refractivity contribution is 0.0535. The number of benzene rings is 2. The van der Waals surface area contributed by atoms with E-state index in [0.29, 0.717) is 17.7 Å². The summed E-state index contributed by atoms with van der Waals surface area (Å²) in [6.07, 6.45) is 3.98. The molecular weight excluding hydrogens is 378 g/mol. The summed E-state index contributed by atoms with van der Waals surface area (Å²) in [5.41, 5.74) is 6.24. The lowest BCUT2D eigenvalue weighted by atomic mass is 9.65. The second-order valence-electron chi connectivity index (χ2n) is 8.49. The zero-order valence-corrected chi connectivity index (χ0v) is 16.6. The number of rotatable bonds is 4. The van der Waals surface area contributed by atoms with Gasteiger partial charge < -0.3 is 14.9 Å². The first-order valence-electron chi connectivity index (χ1n) is 10.5. The van der Waals surface area contributed by atoms with Gasteiger partial charge in [-0.05, 0) is 71.9 Å². The van der Waals surface area contributed by atoms with Crippen LogP contribution in [-0.4, -0.2) is 35.3 Å². The van der Waals surface area contributed by atoms with Gasteiger partial charge in [-0.1, -0.05) is 18.9 Å². The number of Topliss-reactive ketones (excluding diaryl/α,β-unsaturated/α-hetero) is 1. The number of carbonyl (C=O) groups excluding carboxylic acids is 1. The van der Waals surface area contributed by atoms with Crippen molar-refractivity contribution in [2.75, 3.05) is 13.2 Å². The molecule has 0 radical (unpaired) electrons. The Bertz CT molecular complexity index is 1120. The fraction of sp³-hybridized carbons (Fsp3) is 0.360. The molecular formula is C25H23NO4. The quantitative estimate of drug-likeness (QED) is 0.820. The monoisotopic (exact) mass is 401 g/mol. The molecule has 1 atom stereocenters. The number of fused-ring (bicyclic) bond motifs is 5. The van der Waals surface area contributed by atoms with Crippen LogP contribution in [0.25, 0.3) is 5.57 Å². The molecule has 2 aromatic rings. The van der Waals surface area contributed by atoms with Crippen LogP contribution in [-0.2, 0) is 11.8 Å². The number of hydrogen-bond donors (Lipinski definition) is 2. The molecule has 0 aromatic heterocycles. The zero-order valence-electron chi connectivity index (χ0n) is 16.6. The van der Waals surface area contributed by atoms with Crippen molar-refractivity contribution in [3.63, 3.8) is 0 Å². The van der Waals surface area contributed by atoms with Gasteiger partial charge in [0, 0.05) is 16.6 Å². The van der Waals surface area contributed by atoms with Crippen molar-refractivity contribution < 1.29 is 19.7 Å². The topological polar surface area (TPSA) is 90.6 Å². The van der Waals surface area contributed by atoms with Crippen LogP contribution >= 0.6 is 0 Å². The van der Waals surface area contributed by atoms with Gasteiger partial charge in [0.05, 0.1) is 18.2 Å². The summed E-state index contributed by atoms with van der Waals surface area (Å²) >= 11 is 0. The van der Waals surface area contributed by atoms with E-state index in [2.05, 4.69) is 6.07 Å². The number of ether oxygens (including phenoxy) is 1. The van der Waals surface area contributed by atoms with Gasteiger partial charge in [-0.2, -0.15) is 5.26 Å². The first-order chi connectivity index (χ1) is 14.6. The molecule has 3 aliphatic carbocycles. The molecule has 0 bridgehead atoms. The molecule has 30 heavy (non-hydrogen) atoms. The van der Waals surface area contributed by atoms with E-state index >= 15 is 0 Å². The molecule has 0 aliphatic heterocycles. The van der Waals surface area contributed by atoms with Crippen molar-refractivity contribution in [1.29, 1.82) is 5.26 Å². The molecule has 2 aromatic carbocycles. The van der Waals surface area contributed by atoms with Gasteiger partial charge in [-0.3, -0.25) is 4.79 Å². The van der Waals surface area contributed by atoms with E-state index in [9.17, 15) is 15.2 Å². The number of nitriles is 1. The van der Waals surface area contributed by atoms with Gasteiger partial charge >= 0.3 is 0 Å². The number of carbonyl (C=O) groups is 1. The van der Waals surface area contributed by atoms with Crippen molar-refractivity contribution in [3.8, 4) is 11.8 Å². The van der Waals surface area contributed by atoms with Crippen molar-refractivity contribution in [1.82, 2.24) is 0 Å². The zero-order chi connectivity index (χ0) is 20.9. The predicted octanol–water partition coefficient (Wildman–Crippen LogP) is 3.31. The number of hydrogen-bond acceptors (Lipinski definition) is 5. The number of allylic oxidation sites excluding steroid dienone is 2. The summed E-state index contributed by atoms with van der Waals surface area (Å²) < 4.78 is 5.69. The average molecular weight is 401 g/mol. The maximum Gasteiger partial charge on any atom is 0.193 e. The SMILES string of the molecule is N#Cc1ccc2c(c1)CC1=C2C(=O)c2ccc(OC[C@H](O)CO)cc2C12CCCC2. The van der Waals surface area contributed by atoms with E-state index < -0.39 is 6.10 Å². The van der Waals surface area contributed by atoms with Gasteiger partial charge in [0.15, 0.2) is 5.78 Å². The predicted molar refractivity (Wildman–Crippen MR) is 111 cm³/mol.